The first-order valence-corrected chi connectivity index (χ1v) is 0.779. The van der Waals surface area contributed by atoms with Crippen molar-refractivity contribution in [2.45, 2.75) is 0 Å². The molecular weight excluding hydrogens is 263 g/mol. The maximum Gasteiger partial charge on any atom is 1.00 e. The molecular formula is CH2O5Rb2. The van der Waals surface area contributed by atoms with Crippen molar-refractivity contribution < 1.29 is 142 Å². The number of carbonyl (C=O) groups excluding carboxylic acids is 1. The minimum Gasteiger partial charge on any atom is -0.755 e. The molecule has 0 bridgehead atoms. The van der Waals surface area contributed by atoms with Gasteiger partial charge in [-0.2, -0.15) is 0 Å². The Kier molecular flexibility index (Phi) is 46.0. The first-order valence-electron chi connectivity index (χ1n) is 0.779. The van der Waals surface area contributed by atoms with Gasteiger partial charge in [0.1, 0.15) is 0 Å². The molecule has 5 nitrogen and oxygen atoms in total. The third-order valence-electron chi connectivity index (χ3n) is 0.0680. The van der Waals surface area contributed by atoms with Gasteiger partial charge in [0.25, 0.3) is 0 Å². The van der Waals surface area contributed by atoms with E-state index in [0.29, 0.717) is 0 Å². The second-order valence-corrected chi connectivity index (χ2v) is 0.333. The molecule has 0 saturated carbocycles. The van der Waals surface area contributed by atoms with Crippen LogP contribution in [0.1, 0.15) is 0 Å². The molecule has 0 saturated heterocycles. The zero-order valence-corrected chi connectivity index (χ0v) is 14.5. The predicted molar refractivity (Wildman–Crippen MR) is 10.1 cm³/mol. The van der Waals surface area contributed by atoms with Crippen LogP contribution in [0.2, 0.25) is 0 Å². The molecule has 0 radical (unpaired) electrons. The van der Waals surface area contributed by atoms with Crippen LogP contribution in [0.5, 0.6) is 0 Å². The molecule has 2 N–H and O–H groups in total. The van der Waals surface area contributed by atoms with Crippen LogP contribution in [-0.4, -0.2) is 11.6 Å². The molecule has 0 aromatic heterocycles. The summed E-state index contributed by atoms with van der Waals surface area (Å²) in [5, 5.41) is 17.2. The van der Waals surface area contributed by atoms with E-state index in [2.05, 4.69) is 4.89 Å². The molecule has 8 heavy (non-hydrogen) atoms. The molecule has 38 valence electrons. The third kappa shape index (κ3) is 23.2. The average molecular weight is 265 g/mol. The van der Waals surface area contributed by atoms with Crippen molar-refractivity contribution in [3.8, 4) is 0 Å². The van der Waals surface area contributed by atoms with Crippen molar-refractivity contribution in [1.82, 2.24) is 0 Å². The predicted octanol–water partition coefficient (Wildman–Crippen LogP) is -9.20. The summed E-state index contributed by atoms with van der Waals surface area (Å²) in [6.45, 7) is 0. The molecule has 7 heteroatoms. The smallest absolute Gasteiger partial charge is 0.755 e. The zero-order chi connectivity index (χ0) is 4.28. The summed E-state index contributed by atoms with van der Waals surface area (Å²) in [5.74, 6) is 0. The molecule has 0 aliphatic carbocycles. The quantitative estimate of drug-likeness (QED) is 0.320. The van der Waals surface area contributed by atoms with Crippen LogP contribution in [0, 0.1) is 0 Å². The third-order valence-corrected chi connectivity index (χ3v) is 0.0680. The minimum atomic E-state index is -2.05. The summed E-state index contributed by atoms with van der Waals surface area (Å²) in [4.78, 5) is 11.0. The fourth-order valence-corrected chi connectivity index (χ4v) is 0. The van der Waals surface area contributed by atoms with Crippen molar-refractivity contribution in [1.29, 1.82) is 0 Å². The topological polar surface area (TPSA) is 104 Å². The van der Waals surface area contributed by atoms with Crippen molar-refractivity contribution in [3.63, 3.8) is 0 Å². The average Bonchev–Trinajstić information content (AvgIpc) is 1.38. The van der Waals surface area contributed by atoms with Crippen LogP contribution >= 0.6 is 0 Å². The van der Waals surface area contributed by atoms with Gasteiger partial charge < -0.3 is 25.5 Å². The Morgan fingerprint density at radius 1 is 1.38 bits per heavy atom. The van der Waals surface area contributed by atoms with Crippen LogP contribution in [0.3, 0.4) is 0 Å². The second kappa shape index (κ2) is 16.4. The second-order valence-electron chi connectivity index (χ2n) is 0.333. The van der Waals surface area contributed by atoms with E-state index in [0.717, 1.165) is 0 Å². The van der Waals surface area contributed by atoms with Crippen LogP contribution < -0.4 is 127 Å². The van der Waals surface area contributed by atoms with E-state index in [9.17, 15) is 0 Å². The fraction of sp³-hybridized carbons (Fsp3) is 0. The Hall–Kier alpha value is 2.80. The number of carboxylic acid groups (broad SMARTS) is 1. The van der Waals surface area contributed by atoms with Gasteiger partial charge >= 0.3 is 116 Å². The summed E-state index contributed by atoms with van der Waals surface area (Å²) >= 11 is 0. The Balaban J connectivity index is -0.0000000267. The molecule has 0 atom stereocenters. The number of hydrogen-bond acceptors (Lipinski definition) is 4. The number of carbonyl (C=O) groups is 1. The van der Waals surface area contributed by atoms with E-state index in [-0.39, 0.29) is 122 Å². The molecule has 0 spiro atoms. The summed E-state index contributed by atoms with van der Waals surface area (Å²) < 4.78 is 0. The van der Waals surface area contributed by atoms with Crippen molar-refractivity contribution in [3.05, 3.63) is 0 Å². The molecule has 0 aromatic rings. The van der Waals surface area contributed by atoms with Gasteiger partial charge in [0.2, 0.25) is 6.16 Å². The molecule has 0 amide bonds. The first kappa shape index (κ1) is 22.4. The first-order chi connectivity index (χ1) is 2.27. The monoisotopic (exact) mass is 264 g/mol. The molecule has 0 aliphatic rings. The van der Waals surface area contributed by atoms with Crippen molar-refractivity contribution in [2.75, 3.05) is 0 Å². The fourth-order valence-electron chi connectivity index (χ4n) is 0. The van der Waals surface area contributed by atoms with Crippen LogP contribution in [0.25, 0.3) is 0 Å². The maximum absolute atomic E-state index is 8.72. The van der Waals surface area contributed by atoms with Gasteiger partial charge in [-0.3, -0.25) is 0 Å². The standard InChI is InChI=1S/CH2O4.H2O.2Rb/c2-1(3)5-4;;;/h4H,(H,2,3);1H2;;/q;;2*+1/p-2. The van der Waals surface area contributed by atoms with E-state index in [1.807, 2.05) is 0 Å². The van der Waals surface area contributed by atoms with E-state index < -0.39 is 6.16 Å². The van der Waals surface area contributed by atoms with Crippen LogP contribution in [0.15, 0.2) is 0 Å². The summed E-state index contributed by atoms with van der Waals surface area (Å²) in [7, 11) is 0. The Morgan fingerprint density at radius 2 is 1.50 bits per heavy atom. The Labute approximate surface area is 144 Å². The number of hydrogen-bond donors (Lipinski definition) is 0. The van der Waals surface area contributed by atoms with Crippen molar-refractivity contribution in [2.24, 2.45) is 0 Å². The van der Waals surface area contributed by atoms with Gasteiger partial charge in [0, 0.05) is 0 Å². The summed E-state index contributed by atoms with van der Waals surface area (Å²) in [6, 6.07) is 0. The largest absolute Gasteiger partial charge is 1.00 e. The molecule has 0 aliphatic heterocycles. The molecule has 0 fully saturated rings. The summed E-state index contributed by atoms with van der Waals surface area (Å²) in [6.07, 6.45) is -2.05. The minimum absolute atomic E-state index is 0. The summed E-state index contributed by atoms with van der Waals surface area (Å²) in [5.41, 5.74) is 0. The van der Waals surface area contributed by atoms with Gasteiger partial charge in [-0.25, -0.2) is 0 Å². The molecule has 0 aromatic carbocycles. The van der Waals surface area contributed by atoms with E-state index in [4.69, 9.17) is 15.2 Å². The van der Waals surface area contributed by atoms with E-state index in [1.165, 1.54) is 0 Å². The zero-order valence-electron chi connectivity index (χ0n) is 4.63. The van der Waals surface area contributed by atoms with Gasteiger partial charge in [0.15, 0.2) is 0 Å². The SMILES string of the molecule is O.O=C([O-])O[O-].[Rb+].[Rb+]. The maximum atomic E-state index is 8.72. The number of rotatable bonds is 0. The molecule has 0 rings (SSSR count). The Bertz CT molecular complexity index is 45.7. The van der Waals surface area contributed by atoms with Crippen molar-refractivity contribution >= 4 is 6.16 Å². The van der Waals surface area contributed by atoms with E-state index in [1.54, 1.807) is 0 Å². The van der Waals surface area contributed by atoms with Gasteiger partial charge in [-0.1, -0.05) is 0 Å². The Morgan fingerprint density at radius 3 is 1.50 bits per heavy atom. The molecule has 0 heterocycles. The van der Waals surface area contributed by atoms with Crippen LogP contribution in [0.4, 0.5) is 4.79 Å². The van der Waals surface area contributed by atoms with Gasteiger partial charge in [-0.05, 0) is 0 Å². The van der Waals surface area contributed by atoms with E-state index >= 15 is 0 Å². The van der Waals surface area contributed by atoms with Gasteiger partial charge in [0.05, 0.1) is 0 Å². The van der Waals surface area contributed by atoms with Crippen LogP contribution in [-0.2, 0) is 4.89 Å². The normalized spacial score (nSPS) is 4.12. The molecule has 0 unspecified atom stereocenters. The van der Waals surface area contributed by atoms with Gasteiger partial charge in [-0.15, -0.1) is 0 Å².